The normalized spacial score (nSPS) is 29.2. The molecule has 1 N–H and O–H groups in total. The van der Waals surface area contributed by atoms with Crippen molar-refractivity contribution in [3.63, 3.8) is 0 Å². The van der Waals surface area contributed by atoms with E-state index in [2.05, 4.69) is 24.5 Å². The Labute approximate surface area is 253 Å². The SMILES string of the molecule is C=C1CC[C@@]2(O)C3Cc4ccc(OC(=O)OCCCCCCCCCCCCCC)c5c4[C@@]2(CCN3CC2CC2)[C@H]1O5. The van der Waals surface area contributed by atoms with Crippen LogP contribution in [0.25, 0.3) is 0 Å². The van der Waals surface area contributed by atoms with Gasteiger partial charge < -0.3 is 19.3 Å². The number of rotatable bonds is 16. The number of unbranched alkanes of at least 4 members (excludes halogenated alkanes) is 11. The van der Waals surface area contributed by atoms with Crippen molar-refractivity contribution >= 4 is 6.16 Å². The van der Waals surface area contributed by atoms with E-state index in [4.69, 9.17) is 14.2 Å². The standard InChI is InChI=1S/C36H53NO5/c1-3-4-5-6-7-8-9-10-11-12-13-14-23-40-34(38)41-29-18-17-28-24-30-36(39)20-19-26(2)33-35(36,31(28)32(29)42-33)21-22-37(30)25-27-15-16-27/h17-18,27,30,33,39H,2-16,19-25H2,1H3/t30?,33-,35-,36+/m0/s1. The highest BCUT2D eigenvalue weighted by Crippen LogP contribution is 2.66. The predicted molar refractivity (Wildman–Crippen MR) is 165 cm³/mol. The molecule has 1 spiro atoms. The van der Waals surface area contributed by atoms with Gasteiger partial charge in [-0.3, -0.25) is 4.90 Å². The minimum absolute atomic E-state index is 0.0942. The van der Waals surface area contributed by atoms with Crippen molar-refractivity contribution in [1.29, 1.82) is 0 Å². The number of nitrogens with zero attached hydrogens (tertiary/aromatic N) is 1. The van der Waals surface area contributed by atoms with Crippen molar-refractivity contribution in [2.45, 2.75) is 146 Å². The second-order valence-corrected chi connectivity index (χ2v) is 14.0. The van der Waals surface area contributed by atoms with Gasteiger partial charge in [0, 0.05) is 18.2 Å². The number of piperidine rings is 1. The molecule has 3 aliphatic carbocycles. The third-order valence-electron chi connectivity index (χ3n) is 11.1. The average molecular weight is 580 g/mol. The zero-order valence-electron chi connectivity index (χ0n) is 26.0. The molecule has 42 heavy (non-hydrogen) atoms. The second kappa shape index (κ2) is 12.9. The van der Waals surface area contributed by atoms with Crippen LogP contribution in [0.5, 0.6) is 11.5 Å². The molecule has 6 heteroatoms. The Balaban J connectivity index is 1.01. The first-order valence-corrected chi connectivity index (χ1v) is 17.3. The summed E-state index contributed by atoms with van der Waals surface area (Å²) in [6, 6.07) is 4.04. The van der Waals surface area contributed by atoms with Gasteiger partial charge in [-0.25, -0.2) is 4.79 Å². The molecule has 6 rings (SSSR count). The average Bonchev–Trinajstić information content (AvgIpc) is 3.72. The fraction of sp³-hybridized carbons (Fsp3) is 0.750. The summed E-state index contributed by atoms with van der Waals surface area (Å²) in [5.41, 5.74) is 1.93. The van der Waals surface area contributed by atoms with Gasteiger partial charge in [0.15, 0.2) is 11.5 Å². The number of carbonyl (C=O) groups excluding carboxylic acids is 1. The van der Waals surface area contributed by atoms with Crippen molar-refractivity contribution < 1.29 is 24.1 Å². The monoisotopic (exact) mass is 579 g/mol. The van der Waals surface area contributed by atoms with Gasteiger partial charge in [-0.15, -0.1) is 0 Å². The highest BCUT2D eigenvalue weighted by molar-refractivity contribution is 5.70. The van der Waals surface area contributed by atoms with Crippen LogP contribution in [0.4, 0.5) is 4.79 Å². The van der Waals surface area contributed by atoms with Crippen LogP contribution in [-0.2, 0) is 16.6 Å². The van der Waals surface area contributed by atoms with Gasteiger partial charge in [-0.2, -0.15) is 0 Å². The number of carbonyl (C=O) groups is 1. The van der Waals surface area contributed by atoms with Crippen molar-refractivity contribution in [3.8, 4) is 11.5 Å². The predicted octanol–water partition coefficient (Wildman–Crippen LogP) is 8.02. The number of aliphatic hydroxyl groups is 1. The molecule has 2 saturated carbocycles. The molecule has 232 valence electrons. The van der Waals surface area contributed by atoms with E-state index in [0.717, 1.165) is 62.2 Å². The molecule has 1 aromatic carbocycles. The molecule has 4 atom stereocenters. The Morgan fingerprint density at radius 2 is 1.71 bits per heavy atom. The van der Waals surface area contributed by atoms with Crippen LogP contribution in [0, 0.1) is 5.92 Å². The fourth-order valence-corrected chi connectivity index (χ4v) is 8.68. The number of hydrogen-bond donors (Lipinski definition) is 1. The first-order valence-electron chi connectivity index (χ1n) is 17.3. The van der Waals surface area contributed by atoms with Crippen molar-refractivity contribution in [2.75, 3.05) is 19.7 Å². The van der Waals surface area contributed by atoms with Crippen LogP contribution < -0.4 is 9.47 Å². The zero-order chi connectivity index (χ0) is 29.2. The smallest absolute Gasteiger partial charge is 0.481 e. The summed E-state index contributed by atoms with van der Waals surface area (Å²) in [6.45, 7) is 9.07. The lowest BCUT2D eigenvalue weighted by molar-refractivity contribution is -0.174. The maximum Gasteiger partial charge on any atom is 0.513 e. The molecule has 6 nitrogen and oxygen atoms in total. The van der Waals surface area contributed by atoms with E-state index in [1.54, 1.807) is 0 Å². The topological polar surface area (TPSA) is 68.2 Å². The van der Waals surface area contributed by atoms with Gasteiger partial charge in [0.2, 0.25) is 0 Å². The lowest BCUT2D eigenvalue weighted by atomic mass is 9.48. The summed E-state index contributed by atoms with van der Waals surface area (Å²) in [5, 5.41) is 12.5. The maximum atomic E-state index is 12.7. The summed E-state index contributed by atoms with van der Waals surface area (Å²) in [6.07, 6.45) is 20.0. The maximum absolute atomic E-state index is 12.7. The summed E-state index contributed by atoms with van der Waals surface area (Å²) in [7, 11) is 0. The highest BCUT2D eigenvalue weighted by atomic mass is 16.7. The Bertz CT molecular complexity index is 1130. The van der Waals surface area contributed by atoms with Crippen LogP contribution in [-0.4, -0.2) is 53.6 Å². The molecule has 2 bridgehead atoms. The molecule has 0 amide bonds. The number of hydrogen-bond acceptors (Lipinski definition) is 6. The first-order chi connectivity index (χ1) is 20.5. The van der Waals surface area contributed by atoms with Crippen molar-refractivity contribution in [3.05, 3.63) is 35.4 Å². The third-order valence-corrected chi connectivity index (χ3v) is 11.1. The van der Waals surface area contributed by atoms with Gasteiger partial charge in [0.25, 0.3) is 0 Å². The minimum Gasteiger partial charge on any atom is -0.481 e. The van der Waals surface area contributed by atoms with Crippen LogP contribution in [0.2, 0.25) is 0 Å². The van der Waals surface area contributed by atoms with E-state index in [1.165, 1.54) is 82.6 Å². The highest BCUT2D eigenvalue weighted by Gasteiger charge is 2.72. The van der Waals surface area contributed by atoms with Gasteiger partial charge in [-0.05, 0) is 74.6 Å². The molecule has 1 saturated heterocycles. The molecule has 1 aromatic rings. The molecule has 2 aliphatic heterocycles. The van der Waals surface area contributed by atoms with E-state index in [1.807, 2.05) is 6.07 Å². The quantitative estimate of drug-likeness (QED) is 0.0926. The lowest BCUT2D eigenvalue weighted by Gasteiger charge is -2.63. The third kappa shape index (κ3) is 5.63. The Hall–Kier alpha value is -2.05. The van der Waals surface area contributed by atoms with Crippen molar-refractivity contribution in [1.82, 2.24) is 4.90 Å². The van der Waals surface area contributed by atoms with Crippen LogP contribution in [0.3, 0.4) is 0 Å². The van der Waals surface area contributed by atoms with Gasteiger partial charge in [-0.1, -0.05) is 90.2 Å². The van der Waals surface area contributed by atoms with E-state index >= 15 is 0 Å². The largest absolute Gasteiger partial charge is 0.513 e. The van der Waals surface area contributed by atoms with E-state index < -0.39 is 17.2 Å². The second-order valence-electron chi connectivity index (χ2n) is 14.0. The number of ether oxygens (including phenoxy) is 3. The summed E-state index contributed by atoms with van der Waals surface area (Å²) < 4.78 is 17.9. The van der Waals surface area contributed by atoms with E-state index in [-0.39, 0.29) is 12.1 Å². The molecule has 0 radical (unpaired) electrons. The lowest BCUT2D eigenvalue weighted by Crippen LogP contribution is -2.75. The van der Waals surface area contributed by atoms with E-state index in [9.17, 15) is 9.90 Å². The molecular weight excluding hydrogens is 526 g/mol. The molecular formula is C36H53NO5. The first kappa shape index (κ1) is 30.0. The Kier molecular flexibility index (Phi) is 9.21. The van der Waals surface area contributed by atoms with Crippen LogP contribution >= 0.6 is 0 Å². The molecule has 0 aromatic heterocycles. The minimum atomic E-state index is -0.863. The summed E-state index contributed by atoms with van der Waals surface area (Å²) >= 11 is 0. The molecule has 5 aliphatic rings. The summed E-state index contributed by atoms with van der Waals surface area (Å²) in [4.78, 5) is 15.3. The van der Waals surface area contributed by atoms with Gasteiger partial charge in [0.1, 0.15) is 6.10 Å². The number of likely N-dealkylation sites (tertiary alicyclic amines) is 1. The van der Waals surface area contributed by atoms with E-state index in [0.29, 0.717) is 24.5 Å². The molecule has 2 heterocycles. The Morgan fingerprint density at radius 3 is 2.40 bits per heavy atom. The van der Waals surface area contributed by atoms with Crippen LogP contribution in [0.15, 0.2) is 24.3 Å². The number of benzene rings is 1. The zero-order valence-corrected chi connectivity index (χ0v) is 26.0. The molecule has 1 unspecified atom stereocenters. The van der Waals surface area contributed by atoms with Gasteiger partial charge in [0.05, 0.1) is 17.6 Å². The van der Waals surface area contributed by atoms with Crippen molar-refractivity contribution in [2.24, 2.45) is 5.92 Å². The van der Waals surface area contributed by atoms with Crippen LogP contribution in [0.1, 0.15) is 127 Å². The van der Waals surface area contributed by atoms with Gasteiger partial charge >= 0.3 is 6.16 Å². The Morgan fingerprint density at radius 1 is 1.02 bits per heavy atom. The molecule has 3 fully saturated rings. The summed E-state index contributed by atoms with van der Waals surface area (Å²) in [5.74, 6) is 1.81. The fourth-order valence-electron chi connectivity index (χ4n) is 8.68.